The Bertz CT molecular complexity index is 461. The third-order valence-electron chi connectivity index (χ3n) is 3.91. The van der Waals surface area contributed by atoms with Crippen molar-refractivity contribution in [3.8, 4) is 5.75 Å². The fraction of sp³-hybridized carbons (Fsp3) is 0.500. The van der Waals surface area contributed by atoms with Crippen LogP contribution in [-0.2, 0) is 6.42 Å². The van der Waals surface area contributed by atoms with Gasteiger partial charge in [0, 0.05) is 6.42 Å². The number of carbonyl (C=O) groups excluding carboxylic acids is 1. The standard InChI is InChI=1S/C14H17NO2/c15-14(7-1-2-8-14)13(16)11-5-3-4-10-6-9-17-12(10)11/h3-5H,1-2,6-9,15H2. The minimum Gasteiger partial charge on any atom is -0.492 e. The molecule has 0 unspecified atom stereocenters. The van der Waals surface area contributed by atoms with Crippen LogP contribution in [0.25, 0.3) is 0 Å². The number of hydrogen-bond acceptors (Lipinski definition) is 3. The Kier molecular flexibility index (Phi) is 2.44. The van der Waals surface area contributed by atoms with E-state index in [2.05, 4.69) is 0 Å². The van der Waals surface area contributed by atoms with Gasteiger partial charge in [0.15, 0.2) is 5.78 Å². The lowest BCUT2D eigenvalue weighted by atomic mass is 9.87. The topological polar surface area (TPSA) is 52.3 Å². The van der Waals surface area contributed by atoms with E-state index in [1.165, 1.54) is 0 Å². The second-order valence-electron chi connectivity index (χ2n) is 5.08. The summed E-state index contributed by atoms with van der Waals surface area (Å²) in [6, 6.07) is 5.80. The van der Waals surface area contributed by atoms with Gasteiger partial charge in [-0.3, -0.25) is 4.79 Å². The van der Waals surface area contributed by atoms with Crippen molar-refractivity contribution in [2.45, 2.75) is 37.6 Å². The van der Waals surface area contributed by atoms with E-state index in [-0.39, 0.29) is 5.78 Å². The molecule has 90 valence electrons. The maximum absolute atomic E-state index is 12.5. The van der Waals surface area contributed by atoms with Crippen LogP contribution in [0.3, 0.4) is 0 Å². The van der Waals surface area contributed by atoms with Crippen molar-refractivity contribution >= 4 is 5.78 Å². The molecule has 3 rings (SSSR count). The monoisotopic (exact) mass is 231 g/mol. The summed E-state index contributed by atoms with van der Waals surface area (Å²) in [4.78, 5) is 12.5. The van der Waals surface area contributed by atoms with Gasteiger partial charge in [0.1, 0.15) is 5.75 Å². The predicted molar refractivity (Wildman–Crippen MR) is 65.4 cm³/mol. The number of hydrogen-bond donors (Lipinski definition) is 1. The summed E-state index contributed by atoms with van der Waals surface area (Å²) in [5.41, 5.74) is 7.39. The first-order valence-electron chi connectivity index (χ1n) is 6.29. The Morgan fingerprint density at radius 2 is 2.06 bits per heavy atom. The van der Waals surface area contributed by atoms with Crippen LogP contribution in [-0.4, -0.2) is 17.9 Å². The summed E-state index contributed by atoms with van der Waals surface area (Å²) < 4.78 is 5.58. The number of ketones is 1. The van der Waals surface area contributed by atoms with Gasteiger partial charge in [0.2, 0.25) is 0 Å². The molecule has 17 heavy (non-hydrogen) atoms. The van der Waals surface area contributed by atoms with Crippen LogP contribution < -0.4 is 10.5 Å². The van der Waals surface area contributed by atoms with Crippen LogP contribution in [0.5, 0.6) is 5.75 Å². The Balaban J connectivity index is 1.99. The van der Waals surface area contributed by atoms with Crippen molar-refractivity contribution in [1.29, 1.82) is 0 Å². The van der Waals surface area contributed by atoms with Crippen LogP contribution in [0, 0.1) is 0 Å². The Labute approximate surface area is 101 Å². The van der Waals surface area contributed by atoms with E-state index in [1.54, 1.807) is 0 Å². The lowest BCUT2D eigenvalue weighted by Crippen LogP contribution is -2.45. The van der Waals surface area contributed by atoms with Gasteiger partial charge in [-0.2, -0.15) is 0 Å². The Morgan fingerprint density at radius 1 is 1.29 bits per heavy atom. The predicted octanol–water partition coefficient (Wildman–Crippen LogP) is 2.08. The highest BCUT2D eigenvalue weighted by atomic mass is 16.5. The van der Waals surface area contributed by atoms with Crippen molar-refractivity contribution in [1.82, 2.24) is 0 Å². The molecule has 1 heterocycles. The minimum absolute atomic E-state index is 0.0637. The molecule has 3 nitrogen and oxygen atoms in total. The number of benzene rings is 1. The third-order valence-corrected chi connectivity index (χ3v) is 3.91. The molecule has 1 saturated carbocycles. The highest BCUT2D eigenvalue weighted by Crippen LogP contribution is 2.36. The molecule has 0 amide bonds. The molecule has 2 aliphatic rings. The van der Waals surface area contributed by atoms with E-state index in [0.717, 1.165) is 43.4 Å². The van der Waals surface area contributed by atoms with Crippen LogP contribution in [0.4, 0.5) is 0 Å². The zero-order valence-electron chi connectivity index (χ0n) is 9.87. The van der Waals surface area contributed by atoms with Gasteiger partial charge in [-0.05, 0) is 24.5 Å². The molecular formula is C14H17NO2. The summed E-state index contributed by atoms with van der Waals surface area (Å²) >= 11 is 0. The SMILES string of the molecule is NC1(C(=O)c2cccc3c2OCC3)CCCC1. The average molecular weight is 231 g/mol. The fourth-order valence-electron chi connectivity index (χ4n) is 2.90. The summed E-state index contributed by atoms with van der Waals surface area (Å²) in [5, 5.41) is 0. The molecule has 1 aromatic carbocycles. The van der Waals surface area contributed by atoms with Crippen LogP contribution >= 0.6 is 0 Å². The number of ether oxygens (including phenoxy) is 1. The van der Waals surface area contributed by atoms with E-state index in [0.29, 0.717) is 12.2 Å². The second kappa shape index (κ2) is 3.84. The zero-order chi connectivity index (χ0) is 11.9. The van der Waals surface area contributed by atoms with Crippen LogP contribution in [0.1, 0.15) is 41.6 Å². The quantitative estimate of drug-likeness (QED) is 0.793. The van der Waals surface area contributed by atoms with E-state index in [4.69, 9.17) is 10.5 Å². The molecule has 3 heteroatoms. The molecule has 0 spiro atoms. The van der Waals surface area contributed by atoms with Crippen molar-refractivity contribution in [3.05, 3.63) is 29.3 Å². The summed E-state index contributed by atoms with van der Waals surface area (Å²) in [6.45, 7) is 0.678. The minimum atomic E-state index is -0.652. The Hall–Kier alpha value is -1.35. The average Bonchev–Trinajstić information content (AvgIpc) is 2.96. The number of rotatable bonds is 2. The van der Waals surface area contributed by atoms with Gasteiger partial charge in [-0.15, -0.1) is 0 Å². The Morgan fingerprint density at radius 3 is 2.82 bits per heavy atom. The van der Waals surface area contributed by atoms with Crippen LogP contribution in [0.15, 0.2) is 18.2 Å². The lowest BCUT2D eigenvalue weighted by Gasteiger charge is -2.22. The van der Waals surface area contributed by atoms with Gasteiger partial charge in [0.05, 0.1) is 17.7 Å². The molecule has 1 aliphatic heterocycles. The molecule has 1 aromatic rings. The van der Waals surface area contributed by atoms with E-state index in [1.807, 2.05) is 18.2 Å². The molecule has 0 radical (unpaired) electrons. The molecule has 1 aliphatic carbocycles. The zero-order valence-corrected chi connectivity index (χ0v) is 9.87. The molecule has 0 saturated heterocycles. The molecule has 2 N–H and O–H groups in total. The molecule has 0 aromatic heterocycles. The summed E-state index contributed by atoms with van der Waals surface area (Å²) in [7, 11) is 0. The number of para-hydroxylation sites is 1. The van der Waals surface area contributed by atoms with Gasteiger partial charge < -0.3 is 10.5 Å². The number of fused-ring (bicyclic) bond motifs is 1. The summed E-state index contributed by atoms with van der Waals surface area (Å²) in [6.07, 6.45) is 4.61. The van der Waals surface area contributed by atoms with Gasteiger partial charge in [0.25, 0.3) is 0 Å². The number of nitrogens with two attached hydrogens (primary N) is 1. The normalized spacial score (nSPS) is 21.0. The van der Waals surface area contributed by atoms with Crippen molar-refractivity contribution in [2.24, 2.45) is 5.73 Å². The molecular weight excluding hydrogens is 214 g/mol. The first-order valence-corrected chi connectivity index (χ1v) is 6.29. The fourth-order valence-corrected chi connectivity index (χ4v) is 2.90. The lowest BCUT2D eigenvalue weighted by molar-refractivity contribution is 0.0888. The maximum atomic E-state index is 12.5. The van der Waals surface area contributed by atoms with Crippen LogP contribution in [0.2, 0.25) is 0 Å². The number of Topliss-reactive ketones (excluding diaryl/α,β-unsaturated/α-hetero) is 1. The van der Waals surface area contributed by atoms with Gasteiger partial charge >= 0.3 is 0 Å². The largest absolute Gasteiger partial charge is 0.492 e. The molecule has 0 bridgehead atoms. The summed E-state index contributed by atoms with van der Waals surface area (Å²) in [5.74, 6) is 0.836. The van der Waals surface area contributed by atoms with Gasteiger partial charge in [-0.25, -0.2) is 0 Å². The maximum Gasteiger partial charge on any atom is 0.186 e. The van der Waals surface area contributed by atoms with Crippen molar-refractivity contribution in [3.63, 3.8) is 0 Å². The smallest absolute Gasteiger partial charge is 0.186 e. The second-order valence-corrected chi connectivity index (χ2v) is 5.08. The first kappa shape index (κ1) is 10.8. The van der Waals surface area contributed by atoms with Gasteiger partial charge in [-0.1, -0.05) is 25.0 Å². The van der Waals surface area contributed by atoms with E-state index < -0.39 is 5.54 Å². The number of carbonyl (C=O) groups is 1. The van der Waals surface area contributed by atoms with E-state index in [9.17, 15) is 4.79 Å². The van der Waals surface area contributed by atoms with Crippen molar-refractivity contribution < 1.29 is 9.53 Å². The van der Waals surface area contributed by atoms with E-state index >= 15 is 0 Å². The molecule has 1 fully saturated rings. The highest BCUT2D eigenvalue weighted by Gasteiger charge is 2.39. The first-order chi connectivity index (χ1) is 8.21. The third kappa shape index (κ3) is 1.65. The van der Waals surface area contributed by atoms with Crippen molar-refractivity contribution in [2.75, 3.05) is 6.61 Å². The molecule has 0 atom stereocenters. The highest BCUT2D eigenvalue weighted by molar-refractivity contribution is 6.05.